The molecule has 1 aromatic heterocycles. The molecule has 0 bridgehead atoms. The van der Waals surface area contributed by atoms with Crippen molar-refractivity contribution in [2.45, 2.75) is 19.3 Å². The van der Waals surface area contributed by atoms with Crippen molar-refractivity contribution in [3.05, 3.63) is 119 Å². The summed E-state index contributed by atoms with van der Waals surface area (Å²) in [5.41, 5.74) is 5.59. The minimum absolute atomic E-state index is 0.290. The van der Waals surface area contributed by atoms with Crippen molar-refractivity contribution >= 4 is 40.0 Å². The van der Waals surface area contributed by atoms with E-state index in [4.69, 9.17) is 5.41 Å². The fourth-order valence-corrected chi connectivity index (χ4v) is 4.27. The van der Waals surface area contributed by atoms with Crippen LogP contribution in [-0.4, -0.2) is 17.1 Å². The molecule has 0 aliphatic rings. The first-order chi connectivity index (χ1) is 16.9. The van der Waals surface area contributed by atoms with E-state index < -0.39 is 0 Å². The number of anilines is 3. The molecule has 4 aromatic rings. The van der Waals surface area contributed by atoms with Gasteiger partial charge in [0.25, 0.3) is 5.91 Å². The maximum atomic E-state index is 13.3. The van der Waals surface area contributed by atoms with Gasteiger partial charge in [0.1, 0.15) is 5.82 Å². The topological polar surface area (TPSA) is 77.9 Å². The van der Waals surface area contributed by atoms with Crippen LogP contribution in [0.3, 0.4) is 0 Å². The van der Waals surface area contributed by atoms with Gasteiger partial charge in [-0.05, 0) is 60.9 Å². The van der Waals surface area contributed by atoms with Crippen molar-refractivity contribution < 1.29 is 9.18 Å². The Balaban J connectivity index is 1.64. The molecule has 0 spiro atoms. The van der Waals surface area contributed by atoms with Crippen LogP contribution < -0.4 is 10.6 Å². The summed E-state index contributed by atoms with van der Waals surface area (Å²) in [5, 5.41) is 16.3. The number of halogens is 1. The number of aryl methyl sites for hydroxylation is 1. The number of nitrogens with one attached hydrogen (secondary N) is 3. The Bertz CT molecular complexity index is 1330. The molecule has 3 N–H and O–H groups in total. The smallest absolute Gasteiger partial charge is 0.253 e. The molecule has 0 radical (unpaired) electrons. The van der Waals surface area contributed by atoms with Gasteiger partial charge in [0.2, 0.25) is 0 Å². The number of carbonyl (C=O) groups is 1. The summed E-state index contributed by atoms with van der Waals surface area (Å²) in [7, 11) is 0. The third-order valence-corrected chi connectivity index (χ3v) is 6.37. The van der Waals surface area contributed by atoms with Crippen LogP contribution in [0.15, 0.2) is 90.5 Å². The Labute approximate surface area is 207 Å². The summed E-state index contributed by atoms with van der Waals surface area (Å²) in [6.07, 6.45) is 3.47. The highest BCUT2D eigenvalue weighted by atomic mass is 32.1. The Morgan fingerprint density at radius 3 is 2.54 bits per heavy atom. The van der Waals surface area contributed by atoms with Crippen LogP contribution in [0.25, 0.3) is 0 Å². The Morgan fingerprint density at radius 2 is 1.89 bits per heavy atom. The van der Waals surface area contributed by atoms with Crippen LogP contribution in [0.1, 0.15) is 28.2 Å². The highest BCUT2D eigenvalue weighted by Gasteiger charge is 2.23. The van der Waals surface area contributed by atoms with Crippen LogP contribution in [0.4, 0.5) is 20.9 Å². The number of carbonyl (C=O) groups excluding carboxylic acids is 1. The fourth-order valence-electron chi connectivity index (χ4n) is 3.74. The third-order valence-electron chi connectivity index (χ3n) is 5.68. The van der Waals surface area contributed by atoms with Crippen molar-refractivity contribution in [1.29, 1.82) is 5.41 Å². The average molecular weight is 485 g/mol. The largest absolute Gasteiger partial charge is 0.355 e. The Kier molecular flexibility index (Phi) is 7.48. The van der Waals surface area contributed by atoms with Gasteiger partial charge in [-0.3, -0.25) is 10.1 Å². The van der Waals surface area contributed by atoms with E-state index in [1.54, 1.807) is 23.7 Å². The molecule has 0 fully saturated rings. The lowest BCUT2D eigenvalue weighted by Crippen LogP contribution is -2.20. The van der Waals surface area contributed by atoms with Gasteiger partial charge in [0.05, 0.1) is 0 Å². The van der Waals surface area contributed by atoms with Gasteiger partial charge in [-0.1, -0.05) is 42.5 Å². The van der Waals surface area contributed by atoms with E-state index in [1.807, 2.05) is 37.3 Å². The lowest BCUT2D eigenvalue weighted by molar-refractivity contribution is -0.113. The molecule has 3 aromatic carbocycles. The fraction of sp³-hybridized carbons (Fsp3) is 0.107. The molecule has 0 aliphatic heterocycles. The van der Waals surface area contributed by atoms with E-state index in [-0.39, 0.29) is 17.6 Å². The second kappa shape index (κ2) is 10.9. The normalized spacial score (nSPS) is 11.5. The lowest BCUT2D eigenvalue weighted by atomic mass is 9.85. The van der Waals surface area contributed by atoms with Gasteiger partial charge < -0.3 is 10.7 Å². The number of amides is 1. The van der Waals surface area contributed by atoms with E-state index in [0.29, 0.717) is 34.1 Å². The van der Waals surface area contributed by atoms with Crippen molar-refractivity contribution in [3.8, 4) is 0 Å². The van der Waals surface area contributed by atoms with Gasteiger partial charge >= 0.3 is 0 Å². The number of hydrogen-bond donors (Lipinski definition) is 3. The van der Waals surface area contributed by atoms with Gasteiger partial charge in [0, 0.05) is 46.2 Å². The zero-order chi connectivity index (χ0) is 24.8. The second-order valence-electron chi connectivity index (χ2n) is 8.18. The molecular formula is C28H25FN4OS. The summed E-state index contributed by atoms with van der Waals surface area (Å²) in [5.74, 6) is -0.912. The molecule has 5 nitrogen and oxygen atoms in total. The number of thiazole rings is 1. The predicted molar refractivity (Wildman–Crippen MR) is 142 cm³/mol. The van der Waals surface area contributed by atoms with E-state index in [2.05, 4.69) is 34.3 Å². The summed E-state index contributed by atoms with van der Waals surface area (Å²) in [6.45, 7) is 6.17. The first-order valence-corrected chi connectivity index (χ1v) is 11.9. The van der Waals surface area contributed by atoms with E-state index in [9.17, 15) is 9.18 Å². The summed E-state index contributed by atoms with van der Waals surface area (Å²) < 4.78 is 13.3. The monoisotopic (exact) mass is 484 g/mol. The van der Waals surface area contributed by atoms with Gasteiger partial charge in [0.15, 0.2) is 5.13 Å². The maximum Gasteiger partial charge on any atom is 0.253 e. The van der Waals surface area contributed by atoms with Crippen LogP contribution >= 0.6 is 11.3 Å². The molecule has 4 rings (SSSR count). The van der Waals surface area contributed by atoms with Crippen molar-refractivity contribution in [3.63, 3.8) is 0 Å². The van der Waals surface area contributed by atoms with Crippen molar-refractivity contribution in [1.82, 2.24) is 4.98 Å². The minimum atomic E-state index is -0.313. The molecule has 0 aliphatic carbocycles. The molecule has 7 heteroatoms. The van der Waals surface area contributed by atoms with Crippen LogP contribution in [0, 0.1) is 18.2 Å². The molecule has 1 amide bonds. The Hall–Kier alpha value is -4.10. The minimum Gasteiger partial charge on any atom is -0.355 e. The summed E-state index contributed by atoms with van der Waals surface area (Å²) in [6, 6.07) is 19.9. The number of hydrogen-bond acceptors (Lipinski definition) is 5. The highest BCUT2D eigenvalue weighted by Crippen LogP contribution is 2.32. The third kappa shape index (κ3) is 6.07. The zero-order valence-corrected chi connectivity index (χ0v) is 20.0. The molecule has 1 unspecified atom stereocenters. The number of aromatic nitrogens is 1. The first-order valence-electron chi connectivity index (χ1n) is 11.0. The van der Waals surface area contributed by atoms with E-state index >= 15 is 0 Å². The summed E-state index contributed by atoms with van der Waals surface area (Å²) in [4.78, 5) is 17.2. The second-order valence-corrected chi connectivity index (χ2v) is 9.08. The average Bonchev–Trinajstić information content (AvgIpc) is 3.38. The molecular weight excluding hydrogens is 459 g/mol. The van der Waals surface area contributed by atoms with Crippen LogP contribution in [0.5, 0.6) is 0 Å². The van der Waals surface area contributed by atoms with Crippen molar-refractivity contribution in [2.24, 2.45) is 0 Å². The van der Waals surface area contributed by atoms with Gasteiger partial charge in [-0.15, -0.1) is 11.3 Å². The number of nitrogens with zero attached hydrogens (tertiary/aromatic N) is 1. The maximum absolute atomic E-state index is 13.3. The zero-order valence-electron chi connectivity index (χ0n) is 19.2. The van der Waals surface area contributed by atoms with E-state index in [1.165, 1.54) is 29.7 Å². The molecule has 1 heterocycles. The van der Waals surface area contributed by atoms with Gasteiger partial charge in [-0.25, -0.2) is 9.37 Å². The molecule has 0 saturated heterocycles. The standard InChI is InChI=1S/C28H25FN4OS/c1-18-3-5-20(6-4-18)15-25(19(2)27(34)33-28-31-13-14-35-28)21-7-12-26(22(16-21)17-30)32-24-10-8-23(29)9-11-24/h3-14,16-17,25,30,32H,2,15H2,1H3,(H,31,33,34). The highest BCUT2D eigenvalue weighted by molar-refractivity contribution is 7.13. The quantitative estimate of drug-likeness (QED) is 0.179. The lowest BCUT2D eigenvalue weighted by Gasteiger charge is -2.21. The first kappa shape index (κ1) is 24.0. The summed E-state index contributed by atoms with van der Waals surface area (Å²) >= 11 is 1.35. The van der Waals surface area contributed by atoms with Crippen LogP contribution in [0.2, 0.25) is 0 Å². The van der Waals surface area contributed by atoms with Crippen molar-refractivity contribution in [2.75, 3.05) is 10.6 Å². The van der Waals surface area contributed by atoms with E-state index in [0.717, 1.165) is 16.7 Å². The number of rotatable bonds is 9. The molecule has 176 valence electrons. The van der Waals surface area contributed by atoms with Gasteiger partial charge in [-0.2, -0.15) is 0 Å². The molecule has 1 atom stereocenters. The molecule has 35 heavy (non-hydrogen) atoms. The number of benzene rings is 3. The predicted octanol–water partition coefficient (Wildman–Crippen LogP) is 6.85. The molecule has 0 saturated carbocycles. The van der Waals surface area contributed by atoms with Crippen LogP contribution in [-0.2, 0) is 11.2 Å². The Morgan fingerprint density at radius 1 is 1.14 bits per heavy atom. The SMILES string of the molecule is C=C(C(=O)Nc1nccs1)C(Cc1ccc(C)cc1)c1ccc(Nc2ccc(F)cc2)c(C=N)c1.